The maximum Gasteiger partial charge on any atom is 0.0325 e. The summed E-state index contributed by atoms with van der Waals surface area (Å²) < 4.78 is 0. The van der Waals surface area contributed by atoms with Crippen molar-refractivity contribution in [3.8, 4) is 0 Å². The Hall–Kier alpha value is 0.220. The Morgan fingerprint density at radius 3 is 2.62 bits per heavy atom. The number of alkyl halides is 1. The molecule has 0 fully saturated rings. The van der Waals surface area contributed by atoms with E-state index in [0.717, 1.165) is 0 Å². The minimum atomic E-state index is 0.595. The molecule has 48 valence electrons. The van der Waals surface area contributed by atoms with Gasteiger partial charge in [-0.2, -0.15) is 0 Å². The van der Waals surface area contributed by atoms with Crippen LogP contribution in [0.1, 0.15) is 26.7 Å². The Bertz CT molecular complexity index is 66.8. The van der Waals surface area contributed by atoms with Gasteiger partial charge in [-0.3, -0.25) is 0 Å². The zero-order chi connectivity index (χ0) is 6.41. The van der Waals surface area contributed by atoms with E-state index in [2.05, 4.69) is 35.0 Å². The monoisotopic (exact) mass is 176 g/mol. The van der Waals surface area contributed by atoms with Gasteiger partial charge in [0.25, 0.3) is 0 Å². The summed E-state index contributed by atoms with van der Waals surface area (Å²) in [5.41, 5.74) is 0. The first-order valence-electron chi connectivity index (χ1n) is 3.08. The molecule has 0 saturated heterocycles. The summed E-state index contributed by atoms with van der Waals surface area (Å²) in [5, 5.41) is 0. The lowest BCUT2D eigenvalue weighted by atomic mass is 10.2. The molecule has 1 unspecified atom stereocenters. The SMILES string of the molecule is CC=CC(Br)CCC. The Morgan fingerprint density at radius 2 is 2.25 bits per heavy atom. The van der Waals surface area contributed by atoms with E-state index in [0.29, 0.717) is 4.83 Å². The zero-order valence-corrected chi connectivity index (χ0v) is 7.11. The van der Waals surface area contributed by atoms with Gasteiger partial charge in [-0.25, -0.2) is 0 Å². The van der Waals surface area contributed by atoms with E-state index in [4.69, 9.17) is 0 Å². The Morgan fingerprint density at radius 1 is 1.62 bits per heavy atom. The lowest BCUT2D eigenvalue weighted by Crippen LogP contribution is -1.88. The summed E-state index contributed by atoms with van der Waals surface area (Å²) >= 11 is 3.51. The van der Waals surface area contributed by atoms with E-state index >= 15 is 0 Å². The molecule has 0 aromatic carbocycles. The first kappa shape index (κ1) is 8.22. The summed E-state index contributed by atoms with van der Waals surface area (Å²) in [6.07, 6.45) is 6.74. The minimum Gasteiger partial charge on any atom is -0.0906 e. The Kier molecular flexibility index (Phi) is 5.51. The standard InChI is InChI=1S/C7H13Br/c1-3-5-7(8)6-4-2/h3,5,7H,4,6H2,1-2H3. The Labute approximate surface area is 60.1 Å². The van der Waals surface area contributed by atoms with E-state index in [1.54, 1.807) is 0 Å². The van der Waals surface area contributed by atoms with E-state index < -0.39 is 0 Å². The van der Waals surface area contributed by atoms with Crippen LogP contribution >= 0.6 is 15.9 Å². The molecule has 0 aliphatic rings. The molecule has 0 amide bonds. The highest BCUT2D eigenvalue weighted by atomic mass is 79.9. The van der Waals surface area contributed by atoms with Crippen LogP contribution in [0.25, 0.3) is 0 Å². The highest BCUT2D eigenvalue weighted by Crippen LogP contribution is 2.08. The molecule has 0 radical (unpaired) electrons. The van der Waals surface area contributed by atoms with E-state index in [-0.39, 0.29) is 0 Å². The van der Waals surface area contributed by atoms with Crippen LogP contribution < -0.4 is 0 Å². The predicted molar refractivity (Wildman–Crippen MR) is 42.4 cm³/mol. The molecule has 1 atom stereocenters. The molecular formula is C7H13Br. The maximum atomic E-state index is 3.51. The maximum absolute atomic E-state index is 3.51. The van der Waals surface area contributed by atoms with Gasteiger partial charge >= 0.3 is 0 Å². The highest BCUT2D eigenvalue weighted by Gasteiger charge is 1.92. The molecule has 0 rings (SSSR count). The van der Waals surface area contributed by atoms with Crippen LogP contribution in [0.2, 0.25) is 0 Å². The fraction of sp³-hybridized carbons (Fsp3) is 0.714. The fourth-order valence-electron chi connectivity index (χ4n) is 0.581. The molecule has 0 saturated carbocycles. The zero-order valence-electron chi connectivity index (χ0n) is 5.52. The predicted octanol–water partition coefficient (Wildman–Crippen LogP) is 3.13. The van der Waals surface area contributed by atoms with Gasteiger partial charge in [0.15, 0.2) is 0 Å². The molecule has 0 aliphatic heterocycles. The molecule has 1 heteroatoms. The summed E-state index contributed by atoms with van der Waals surface area (Å²) in [6, 6.07) is 0. The van der Waals surface area contributed by atoms with Crippen molar-refractivity contribution >= 4 is 15.9 Å². The van der Waals surface area contributed by atoms with Gasteiger partial charge in [-0.1, -0.05) is 41.4 Å². The third-order valence-electron chi connectivity index (χ3n) is 0.966. The molecule has 0 N–H and O–H groups in total. The van der Waals surface area contributed by atoms with Crippen LogP contribution in [-0.4, -0.2) is 4.83 Å². The third-order valence-corrected chi connectivity index (χ3v) is 1.73. The first-order chi connectivity index (χ1) is 3.81. The van der Waals surface area contributed by atoms with Crippen molar-refractivity contribution in [3.05, 3.63) is 12.2 Å². The summed E-state index contributed by atoms with van der Waals surface area (Å²) in [5.74, 6) is 0. The molecule has 0 bridgehead atoms. The van der Waals surface area contributed by atoms with E-state index in [9.17, 15) is 0 Å². The van der Waals surface area contributed by atoms with Crippen LogP contribution in [0.15, 0.2) is 12.2 Å². The molecule has 0 spiro atoms. The van der Waals surface area contributed by atoms with E-state index in [1.807, 2.05) is 6.92 Å². The second-order valence-corrected chi connectivity index (χ2v) is 3.01. The average molecular weight is 177 g/mol. The van der Waals surface area contributed by atoms with Gasteiger partial charge in [0, 0.05) is 4.83 Å². The lowest BCUT2D eigenvalue weighted by Gasteiger charge is -1.97. The largest absolute Gasteiger partial charge is 0.0906 e. The van der Waals surface area contributed by atoms with Gasteiger partial charge in [-0.15, -0.1) is 0 Å². The second-order valence-electron chi connectivity index (χ2n) is 1.83. The molecule has 0 aromatic rings. The van der Waals surface area contributed by atoms with Crippen LogP contribution in [0.5, 0.6) is 0 Å². The van der Waals surface area contributed by atoms with Crippen molar-refractivity contribution in [2.45, 2.75) is 31.5 Å². The van der Waals surface area contributed by atoms with Gasteiger partial charge < -0.3 is 0 Å². The second kappa shape index (κ2) is 5.36. The van der Waals surface area contributed by atoms with Crippen molar-refractivity contribution < 1.29 is 0 Å². The average Bonchev–Trinajstić information content (AvgIpc) is 1.68. The Balaban J connectivity index is 3.17. The third kappa shape index (κ3) is 4.38. The van der Waals surface area contributed by atoms with Crippen LogP contribution in [-0.2, 0) is 0 Å². The van der Waals surface area contributed by atoms with Crippen molar-refractivity contribution in [2.75, 3.05) is 0 Å². The van der Waals surface area contributed by atoms with Crippen molar-refractivity contribution in [2.24, 2.45) is 0 Å². The summed E-state index contributed by atoms with van der Waals surface area (Å²) in [7, 11) is 0. The lowest BCUT2D eigenvalue weighted by molar-refractivity contribution is 0.835. The van der Waals surface area contributed by atoms with Crippen molar-refractivity contribution in [3.63, 3.8) is 0 Å². The first-order valence-corrected chi connectivity index (χ1v) is 3.99. The van der Waals surface area contributed by atoms with Gasteiger partial charge in [0.05, 0.1) is 0 Å². The molecule has 0 heterocycles. The molecule has 0 nitrogen and oxygen atoms in total. The number of hydrogen-bond acceptors (Lipinski definition) is 0. The molecule has 0 aliphatic carbocycles. The van der Waals surface area contributed by atoms with Crippen LogP contribution in [0.3, 0.4) is 0 Å². The van der Waals surface area contributed by atoms with Gasteiger partial charge in [-0.05, 0) is 13.3 Å². The van der Waals surface area contributed by atoms with Crippen molar-refractivity contribution in [1.82, 2.24) is 0 Å². The highest BCUT2D eigenvalue weighted by molar-refractivity contribution is 9.09. The normalized spacial score (nSPS) is 14.9. The number of rotatable bonds is 3. The topological polar surface area (TPSA) is 0 Å². The number of allylic oxidation sites excluding steroid dienone is 2. The smallest absolute Gasteiger partial charge is 0.0325 e. The van der Waals surface area contributed by atoms with Crippen molar-refractivity contribution in [1.29, 1.82) is 0 Å². The van der Waals surface area contributed by atoms with Gasteiger partial charge in [0.1, 0.15) is 0 Å². The quantitative estimate of drug-likeness (QED) is 0.459. The van der Waals surface area contributed by atoms with Crippen LogP contribution in [0, 0.1) is 0 Å². The van der Waals surface area contributed by atoms with E-state index in [1.165, 1.54) is 12.8 Å². The molecular weight excluding hydrogens is 164 g/mol. The molecule has 8 heavy (non-hydrogen) atoms. The van der Waals surface area contributed by atoms with Crippen LogP contribution in [0.4, 0.5) is 0 Å². The van der Waals surface area contributed by atoms with Gasteiger partial charge in [0.2, 0.25) is 0 Å². The fourth-order valence-corrected chi connectivity index (χ4v) is 1.34. The molecule has 0 aromatic heterocycles. The number of hydrogen-bond donors (Lipinski definition) is 0. The number of halogens is 1. The summed E-state index contributed by atoms with van der Waals surface area (Å²) in [6.45, 7) is 4.24. The minimum absolute atomic E-state index is 0.595. The summed E-state index contributed by atoms with van der Waals surface area (Å²) in [4.78, 5) is 0.595.